The van der Waals surface area contributed by atoms with E-state index in [2.05, 4.69) is 5.43 Å². The maximum absolute atomic E-state index is 13.6. The van der Waals surface area contributed by atoms with Crippen LogP contribution in [0.5, 0.6) is 5.75 Å². The number of halogens is 5. The van der Waals surface area contributed by atoms with E-state index >= 15 is 0 Å². The predicted molar refractivity (Wildman–Crippen MR) is 62.0 cm³/mol. The van der Waals surface area contributed by atoms with Gasteiger partial charge in [-0.15, -0.1) is 0 Å². The standard InChI is InChI=1S/C11H7ClF4N2O/c12-7-3-8(13)9(4-10(7)19)18-2-1-6(5-17-18)11(14,15)16/h1-5,17,19H. The molecule has 1 aliphatic rings. The topological polar surface area (TPSA) is 35.5 Å². The lowest BCUT2D eigenvalue weighted by molar-refractivity contribution is -0.0887. The molecule has 0 saturated carbocycles. The van der Waals surface area contributed by atoms with Crippen molar-refractivity contribution in [2.24, 2.45) is 0 Å². The minimum Gasteiger partial charge on any atom is -0.506 e. The molecule has 0 fully saturated rings. The summed E-state index contributed by atoms with van der Waals surface area (Å²) in [6.45, 7) is 0. The second-order valence-corrected chi connectivity index (χ2v) is 4.07. The summed E-state index contributed by atoms with van der Waals surface area (Å²) < 4.78 is 50.7. The molecule has 8 heteroatoms. The van der Waals surface area contributed by atoms with Crippen molar-refractivity contribution >= 4 is 17.3 Å². The molecule has 0 aromatic heterocycles. The summed E-state index contributed by atoms with van der Waals surface area (Å²) in [6.07, 6.45) is -2.03. The van der Waals surface area contributed by atoms with Crippen LogP contribution >= 0.6 is 11.6 Å². The minimum atomic E-state index is -4.49. The zero-order valence-corrected chi connectivity index (χ0v) is 9.93. The molecule has 1 aliphatic heterocycles. The van der Waals surface area contributed by atoms with Gasteiger partial charge in [-0.2, -0.15) is 13.2 Å². The van der Waals surface area contributed by atoms with Crippen molar-refractivity contribution in [1.29, 1.82) is 0 Å². The average molecular weight is 295 g/mol. The highest BCUT2D eigenvalue weighted by atomic mass is 35.5. The molecule has 3 nitrogen and oxygen atoms in total. The lowest BCUT2D eigenvalue weighted by Crippen LogP contribution is -2.33. The first-order chi connectivity index (χ1) is 8.79. The van der Waals surface area contributed by atoms with Gasteiger partial charge in [0.25, 0.3) is 0 Å². The molecule has 0 spiro atoms. The van der Waals surface area contributed by atoms with Crippen LogP contribution in [-0.2, 0) is 0 Å². The Morgan fingerprint density at radius 2 is 1.95 bits per heavy atom. The molecule has 19 heavy (non-hydrogen) atoms. The van der Waals surface area contributed by atoms with Gasteiger partial charge < -0.3 is 10.5 Å². The van der Waals surface area contributed by atoms with E-state index in [1.165, 1.54) is 0 Å². The molecule has 0 atom stereocenters. The van der Waals surface area contributed by atoms with Gasteiger partial charge in [-0.25, -0.2) is 4.39 Å². The van der Waals surface area contributed by atoms with E-state index in [1.807, 2.05) is 0 Å². The third kappa shape index (κ3) is 2.76. The molecule has 2 N–H and O–H groups in total. The highest BCUT2D eigenvalue weighted by molar-refractivity contribution is 6.32. The van der Waals surface area contributed by atoms with Gasteiger partial charge in [0.05, 0.1) is 10.6 Å². The van der Waals surface area contributed by atoms with Crippen LogP contribution in [0.4, 0.5) is 23.2 Å². The summed E-state index contributed by atoms with van der Waals surface area (Å²) in [5.41, 5.74) is 1.19. The van der Waals surface area contributed by atoms with Gasteiger partial charge in [0.2, 0.25) is 0 Å². The first kappa shape index (κ1) is 13.5. The van der Waals surface area contributed by atoms with Crippen LogP contribution in [0, 0.1) is 5.82 Å². The average Bonchev–Trinajstić information content (AvgIpc) is 2.33. The van der Waals surface area contributed by atoms with Crippen LogP contribution in [0.25, 0.3) is 0 Å². The number of allylic oxidation sites excluding steroid dienone is 2. The summed E-state index contributed by atoms with van der Waals surface area (Å²) in [4.78, 5) is 0. The number of phenols is 1. The fourth-order valence-electron chi connectivity index (χ4n) is 1.42. The number of hydrogen-bond acceptors (Lipinski definition) is 3. The van der Waals surface area contributed by atoms with Gasteiger partial charge in [-0.3, -0.25) is 5.01 Å². The number of anilines is 1. The van der Waals surface area contributed by atoms with Crippen molar-refractivity contribution in [2.75, 3.05) is 5.01 Å². The third-order valence-corrected chi connectivity index (χ3v) is 2.67. The van der Waals surface area contributed by atoms with Crippen LogP contribution in [0.15, 0.2) is 36.2 Å². The first-order valence-electron chi connectivity index (χ1n) is 4.98. The van der Waals surface area contributed by atoms with E-state index in [9.17, 15) is 22.7 Å². The Balaban J connectivity index is 2.26. The van der Waals surface area contributed by atoms with Crippen molar-refractivity contribution < 1.29 is 22.7 Å². The van der Waals surface area contributed by atoms with Crippen molar-refractivity contribution in [1.82, 2.24) is 5.43 Å². The zero-order chi connectivity index (χ0) is 14.2. The maximum Gasteiger partial charge on any atom is 0.417 e. The van der Waals surface area contributed by atoms with Crippen LogP contribution in [0.2, 0.25) is 5.02 Å². The molecule has 1 aromatic carbocycles. The second kappa shape index (κ2) is 4.65. The molecule has 0 saturated heterocycles. The molecular weight excluding hydrogens is 288 g/mol. The summed E-state index contributed by atoms with van der Waals surface area (Å²) >= 11 is 5.50. The summed E-state index contributed by atoms with van der Waals surface area (Å²) in [5, 5.41) is 10.2. The van der Waals surface area contributed by atoms with E-state index < -0.39 is 17.6 Å². The molecule has 1 aromatic rings. The van der Waals surface area contributed by atoms with Crippen molar-refractivity contribution in [3.8, 4) is 5.75 Å². The summed E-state index contributed by atoms with van der Waals surface area (Å²) in [6, 6.07) is 1.87. The molecule has 0 aliphatic carbocycles. The Morgan fingerprint density at radius 3 is 2.47 bits per heavy atom. The molecule has 102 valence electrons. The van der Waals surface area contributed by atoms with Crippen LogP contribution in [-0.4, -0.2) is 11.3 Å². The molecular formula is C11H7ClF4N2O. The quantitative estimate of drug-likeness (QED) is 0.779. The van der Waals surface area contributed by atoms with Crippen LogP contribution in [0.1, 0.15) is 0 Å². The lowest BCUT2D eigenvalue weighted by atomic mass is 10.2. The minimum absolute atomic E-state index is 0.157. The van der Waals surface area contributed by atoms with Gasteiger partial charge >= 0.3 is 6.18 Å². The maximum atomic E-state index is 13.6. The van der Waals surface area contributed by atoms with Crippen molar-refractivity contribution in [3.05, 3.63) is 47.0 Å². The van der Waals surface area contributed by atoms with Gasteiger partial charge in [-0.1, -0.05) is 11.6 Å². The second-order valence-electron chi connectivity index (χ2n) is 3.67. The van der Waals surface area contributed by atoms with E-state index in [0.717, 1.165) is 29.4 Å². The zero-order valence-electron chi connectivity index (χ0n) is 9.17. The van der Waals surface area contributed by atoms with Crippen LogP contribution < -0.4 is 10.4 Å². The SMILES string of the molecule is Oc1cc(N2C=CC(C(F)(F)F)=CN2)c(F)cc1Cl. The van der Waals surface area contributed by atoms with E-state index in [4.69, 9.17) is 11.6 Å². The monoisotopic (exact) mass is 294 g/mol. The smallest absolute Gasteiger partial charge is 0.417 e. The highest BCUT2D eigenvalue weighted by Gasteiger charge is 2.33. The Bertz CT molecular complexity index is 569. The number of phenolic OH excluding ortho intramolecular Hbond substituents is 1. The first-order valence-corrected chi connectivity index (χ1v) is 5.36. The Kier molecular flexibility index (Phi) is 3.32. The van der Waals surface area contributed by atoms with E-state index in [1.54, 1.807) is 0 Å². The predicted octanol–water partition coefficient (Wildman–Crippen LogP) is 3.47. The number of alkyl halides is 3. The molecule has 0 radical (unpaired) electrons. The van der Waals surface area contributed by atoms with Gasteiger partial charge in [-0.05, 0) is 12.1 Å². The van der Waals surface area contributed by atoms with Gasteiger partial charge in [0, 0.05) is 18.5 Å². The number of hydrazine groups is 1. The van der Waals surface area contributed by atoms with Crippen molar-refractivity contribution in [3.63, 3.8) is 0 Å². The number of benzene rings is 1. The van der Waals surface area contributed by atoms with Gasteiger partial charge in [0.15, 0.2) is 5.82 Å². The molecule has 0 unspecified atom stereocenters. The normalized spacial score (nSPS) is 15.2. The number of aromatic hydroxyl groups is 1. The molecule has 1 heterocycles. The number of nitrogens with zero attached hydrogens (tertiary/aromatic N) is 1. The number of hydrogen-bond donors (Lipinski definition) is 2. The summed E-state index contributed by atoms with van der Waals surface area (Å²) in [7, 11) is 0. The molecule has 2 rings (SSSR count). The summed E-state index contributed by atoms with van der Waals surface area (Å²) in [5.74, 6) is -1.16. The van der Waals surface area contributed by atoms with Gasteiger partial charge in [0.1, 0.15) is 11.4 Å². The number of nitrogens with one attached hydrogen (secondary N) is 1. The Hall–Kier alpha value is -1.89. The largest absolute Gasteiger partial charge is 0.506 e. The Labute approximate surface area is 110 Å². The highest BCUT2D eigenvalue weighted by Crippen LogP contribution is 2.33. The molecule has 0 bridgehead atoms. The van der Waals surface area contributed by atoms with Crippen LogP contribution in [0.3, 0.4) is 0 Å². The van der Waals surface area contributed by atoms with Crippen molar-refractivity contribution in [2.45, 2.75) is 6.18 Å². The number of rotatable bonds is 1. The van der Waals surface area contributed by atoms with E-state index in [0.29, 0.717) is 6.20 Å². The molecule has 0 amide bonds. The third-order valence-electron chi connectivity index (χ3n) is 2.37. The lowest BCUT2D eigenvalue weighted by Gasteiger charge is -2.25. The fraction of sp³-hybridized carbons (Fsp3) is 0.0909. The fourth-order valence-corrected chi connectivity index (χ4v) is 1.57. The Morgan fingerprint density at radius 1 is 1.26 bits per heavy atom. The van der Waals surface area contributed by atoms with E-state index in [-0.39, 0.29) is 16.5 Å².